The molecular formula is C26H23F6N3O3. The lowest BCUT2D eigenvalue weighted by Gasteiger charge is -2.56. The maximum atomic E-state index is 13.9. The lowest BCUT2D eigenvalue weighted by atomic mass is 9.53. The Morgan fingerprint density at radius 1 is 0.974 bits per heavy atom. The van der Waals surface area contributed by atoms with Gasteiger partial charge in [-0.05, 0) is 80.5 Å². The zero-order valence-corrected chi connectivity index (χ0v) is 19.9. The largest absolute Gasteiger partial charge is 0.542 e. The molecule has 4 saturated carbocycles. The van der Waals surface area contributed by atoms with Crippen LogP contribution in [0, 0.1) is 35.2 Å². The van der Waals surface area contributed by atoms with Crippen LogP contribution in [0.3, 0.4) is 0 Å². The van der Waals surface area contributed by atoms with Crippen LogP contribution in [0.1, 0.15) is 49.0 Å². The summed E-state index contributed by atoms with van der Waals surface area (Å²) >= 11 is 0. The van der Waals surface area contributed by atoms with E-state index in [9.17, 15) is 31.1 Å². The molecule has 202 valence electrons. The highest BCUT2D eigenvalue weighted by atomic mass is 19.4. The number of halogens is 6. The Bertz CT molecular complexity index is 1360. The van der Waals surface area contributed by atoms with Gasteiger partial charge in [0.25, 0.3) is 11.7 Å². The van der Waals surface area contributed by atoms with Crippen molar-refractivity contribution in [1.82, 2.24) is 10.3 Å². The summed E-state index contributed by atoms with van der Waals surface area (Å²) in [6.07, 6.45) is 3.43. The number of pyridine rings is 1. The minimum Gasteiger partial charge on any atom is -0.542 e. The topological polar surface area (TPSA) is 89.1 Å². The van der Waals surface area contributed by atoms with Gasteiger partial charge in [0, 0.05) is 5.54 Å². The normalized spacial score (nSPS) is 25.7. The van der Waals surface area contributed by atoms with Crippen molar-refractivity contribution in [2.45, 2.75) is 50.2 Å². The summed E-state index contributed by atoms with van der Waals surface area (Å²) < 4.78 is 74.4. The third-order valence-electron chi connectivity index (χ3n) is 7.73. The zero-order valence-electron chi connectivity index (χ0n) is 19.9. The van der Waals surface area contributed by atoms with Crippen molar-refractivity contribution in [3.63, 3.8) is 0 Å². The molecule has 0 saturated heterocycles. The maximum Gasteiger partial charge on any atom is 0.430 e. The first kappa shape index (κ1) is 26.1. The summed E-state index contributed by atoms with van der Waals surface area (Å²) in [6, 6.07) is 7.22. The molecule has 0 spiro atoms. The Morgan fingerprint density at radius 2 is 1.50 bits per heavy atom. The molecule has 6 nitrogen and oxygen atoms in total. The fourth-order valence-electron chi connectivity index (χ4n) is 6.73. The van der Waals surface area contributed by atoms with Crippen LogP contribution in [-0.2, 0) is 4.79 Å². The highest BCUT2D eigenvalue weighted by Crippen LogP contribution is 2.55. The number of aromatic amines is 1. The average molecular weight is 539 g/mol. The molecule has 2 N–H and O–H groups in total. The first-order valence-corrected chi connectivity index (χ1v) is 12.1. The van der Waals surface area contributed by atoms with Crippen LogP contribution in [0.15, 0.2) is 36.5 Å². The van der Waals surface area contributed by atoms with Gasteiger partial charge in [0.1, 0.15) is 5.97 Å². The number of amides is 1. The van der Waals surface area contributed by atoms with Crippen LogP contribution in [0.25, 0.3) is 16.9 Å². The van der Waals surface area contributed by atoms with E-state index in [0.717, 1.165) is 31.4 Å². The van der Waals surface area contributed by atoms with E-state index in [-0.39, 0.29) is 17.0 Å². The van der Waals surface area contributed by atoms with E-state index in [2.05, 4.69) is 10.3 Å². The number of carboxylic acid groups (broad SMARTS) is 1. The van der Waals surface area contributed by atoms with Crippen LogP contribution < -0.4 is 14.8 Å². The first-order chi connectivity index (χ1) is 17.8. The van der Waals surface area contributed by atoms with Crippen molar-refractivity contribution < 1.29 is 45.4 Å². The standard InChI is InChI=1S/C24H22F3N3O.C2HF3O2/c25-17-8-16(9-18(26)20(17)27)22-28-21(19-3-1-2-4-30(19)22)23(31)29-24-10-13-5-14(11-24)7-15(6-13)12-24;3-2(4,5)1(6)7/h1-4,8-9,13-15H,5-7,10-12H2,(H,29,31);(H,6,7). The third kappa shape index (κ3) is 4.83. The molecular weight excluding hydrogens is 516 g/mol. The molecule has 4 bridgehead atoms. The molecule has 4 fully saturated rings. The van der Waals surface area contributed by atoms with Gasteiger partial charge in [-0.3, -0.25) is 4.79 Å². The number of nitrogens with one attached hydrogen (secondary N) is 2. The van der Waals surface area contributed by atoms with Gasteiger partial charge in [0.15, 0.2) is 23.0 Å². The van der Waals surface area contributed by atoms with Crippen molar-refractivity contribution in [2.24, 2.45) is 17.8 Å². The molecule has 0 atom stereocenters. The van der Waals surface area contributed by atoms with Gasteiger partial charge in [-0.15, -0.1) is 0 Å². The number of rotatable bonds is 3. The predicted octanol–water partition coefficient (Wildman–Crippen LogP) is 3.83. The molecule has 0 unspecified atom stereocenters. The number of carbonyl (C=O) groups excluding carboxylic acids is 2. The predicted molar refractivity (Wildman–Crippen MR) is 119 cm³/mol. The van der Waals surface area contributed by atoms with E-state index < -0.39 is 29.6 Å². The van der Waals surface area contributed by atoms with E-state index in [1.165, 1.54) is 19.3 Å². The summed E-state index contributed by atoms with van der Waals surface area (Å²) in [5.74, 6) is -4.85. The van der Waals surface area contributed by atoms with Gasteiger partial charge < -0.3 is 15.2 Å². The molecule has 1 aromatic carbocycles. The van der Waals surface area contributed by atoms with E-state index in [1.807, 2.05) is 0 Å². The number of nitrogens with zero attached hydrogens (tertiary/aromatic N) is 1. The lowest BCUT2D eigenvalue weighted by Crippen LogP contribution is -2.59. The van der Waals surface area contributed by atoms with Gasteiger partial charge in [0.2, 0.25) is 5.69 Å². The maximum absolute atomic E-state index is 13.9. The Labute approximate surface area is 212 Å². The Balaban J connectivity index is 0.000000374. The molecule has 1 amide bonds. The number of fused-ring (bicyclic) bond motifs is 1. The molecule has 4 aliphatic rings. The van der Waals surface area contributed by atoms with E-state index >= 15 is 0 Å². The van der Waals surface area contributed by atoms with Gasteiger partial charge in [-0.25, -0.2) is 18.2 Å². The SMILES string of the molecule is O=C(NC12CC3CC(CC(C3)C1)C2)c1[nH]c(-c2cc(F)c(F)c(F)c2)[n+]2ccccc12.O=C([O-])C(F)(F)F. The summed E-state index contributed by atoms with van der Waals surface area (Å²) in [7, 11) is 0. The molecule has 2 heterocycles. The fraction of sp³-hybridized carbons (Fsp3) is 0.423. The van der Waals surface area contributed by atoms with Gasteiger partial charge in [-0.1, -0.05) is 6.07 Å². The fourth-order valence-corrected chi connectivity index (χ4v) is 6.73. The number of imidazole rings is 1. The van der Waals surface area contributed by atoms with Crippen molar-refractivity contribution >= 4 is 17.4 Å². The molecule has 0 aliphatic heterocycles. The zero-order chi connectivity index (χ0) is 27.4. The number of H-pyrrole nitrogens is 1. The molecule has 3 aromatic rings. The summed E-state index contributed by atoms with van der Waals surface area (Å²) in [5.41, 5.74) is 0.921. The van der Waals surface area contributed by atoms with Crippen LogP contribution in [0.4, 0.5) is 26.3 Å². The second-order valence-corrected chi connectivity index (χ2v) is 10.5. The van der Waals surface area contributed by atoms with E-state index in [0.29, 0.717) is 34.8 Å². The van der Waals surface area contributed by atoms with Crippen molar-refractivity contribution in [3.05, 3.63) is 59.7 Å². The second-order valence-electron chi connectivity index (χ2n) is 10.5. The Hall–Kier alpha value is -3.57. The van der Waals surface area contributed by atoms with Crippen LogP contribution in [0.5, 0.6) is 0 Å². The summed E-state index contributed by atoms with van der Waals surface area (Å²) in [4.78, 5) is 25.3. The number of carbonyl (C=O) groups is 2. The highest BCUT2D eigenvalue weighted by Gasteiger charge is 2.52. The van der Waals surface area contributed by atoms with Crippen molar-refractivity contribution in [3.8, 4) is 11.4 Å². The third-order valence-corrected chi connectivity index (χ3v) is 7.73. The van der Waals surface area contributed by atoms with Gasteiger partial charge >= 0.3 is 6.18 Å². The molecule has 7 rings (SSSR count). The van der Waals surface area contributed by atoms with Crippen LogP contribution in [-0.4, -0.2) is 28.6 Å². The number of alkyl halides is 3. The number of aromatic nitrogens is 2. The molecule has 12 heteroatoms. The lowest BCUT2D eigenvalue weighted by molar-refractivity contribution is -0.498. The quantitative estimate of drug-likeness (QED) is 0.301. The number of carboxylic acids is 1. The molecule has 38 heavy (non-hydrogen) atoms. The molecule has 0 radical (unpaired) electrons. The minimum atomic E-state index is -5.19. The average Bonchev–Trinajstić information content (AvgIpc) is 3.21. The number of hydrogen-bond donors (Lipinski definition) is 2. The first-order valence-electron chi connectivity index (χ1n) is 12.1. The second kappa shape index (κ2) is 9.32. The molecule has 2 aromatic heterocycles. The minimum absolute atomic E-state index is 0.131. The smallest absolute Gasteiger partial charge is 0.430 e. The summed E-state index contributed by atoms with van der Waals surface area (Å²) in [6.45, 7) is 0. The van der Waals surface area contributed by atoms with E-state index in [4.69, 9.17) is 9.90 Å². The number of aliphatic carboxylic acids is 1. The van der Waals surface area contributed by atoms with Crippen LogP contribution >= 0.6 is 0 Å². The van der Waals surface area contributed by atoms with Gasteiger partial charge in [-0.2, -0.15) is 17.6 Å². The highest BCUT2D eigenvalue weighted by molar-refractivity contribution is 5.99. The van der Waals surface area contributed by atoms with Crippen LogP contribution in [0.2, 0.25) is 0 Å². The Morgan fingerprint density at radius 3 is 2.00 bits per heavy atom. The summed E-state index contributed by atoms with van der Waals surface area (Å²) in [5, 5.41) is 12.1. The Kier molecular flexibility index (Phi) is 6.39. The van der Waals surface area contributed by atoms with Crippen molar-refractivity contribution in [2.75, 3.05) is 0 Å². The monoisotopic (exact) mass is 539 g/mol. The van der Waals surface area contributed by atoms with Crippen molar-refractivity contribution in [1.29, 1.82) is 0 Å². The molecule has 4 aliphatic carbocycles. The number of hydrogen-bond acceptors (Lipinski definition) is 3. The number of benzene rings is 1. The van der Waals surface area contributed by atoms with E-state index in [1.54, 1.807) is 28.8 Å². The van der Waals surface area contributed by atoms with Gasteiger partial charge in [0.05, 0.1) is 11.8 Å².